The van der Waals surface area contributed by atoms with E-state index in [0.29, 0.717) is 5.46 Å². The lowest BCUT2D eigenvalue weighted by Crippen LogP contribution is -2.31. The second kappa shape index (κ2) is 11.5. The van der Waals surface area contributed by atoms with E-state index in [-0.39, 0.29) is 0 Å². The van der Waals surface area contributed by atoms with E-state index in [9.17, 15) is 0 Å². The molecule has 0 spiro atoms. The van der Waals surface area contributed by atoms with Gasteiger partial charge in [0.2, 0.25) is 0 Å². The smallest absolute Gasteiger partial charge is 0.423 e. The Morgan fingerprint density at radius 3 is 1.77 bits per heavy atom. The molecule has 0 aliphatic carbocycles. The molecule has 0 fully saturated rings. The van der Waals surface area contributed by atoms with Gasteiger partial charge in [-0.3, -0.25) is 0 Å². The molecule has 4 aromatic rings. The SMILES string of the molecule is Cc1ccccc1-c1nccn1C.Cc1ccccc1B(O)O.Cn1ccnc1Br. The van der Waals surface area contributed by atoms with Gasteiger partial charge in [0.05, 0.1) is 0 Å². The van der Waals surface area contributed by atoms with Gasteiger partial charge in [-0.25, -0.2) is 9.97 Å². The number of aromatic nitrogens is 4. The molecule has 0 amide bonds. The minimum atomic E-state index is -1.35. The second-order valence-electron chi connectivity index (χ2n) is 6.71. The van der Waals surface area contributed by atoms with Gasteiger partial charge in [-0.2, -0.15) is 0 Å². The summed E-state index contributed by atoms with van der Waals surface area (Å²) >= 11 is 3.22. The summed E-state index contributed by atoms with van der Waals surface area (Å²) in [6.07, 6.45) is 7.40. The molecule has 6 nitrogen and oxygen atoms in total. The van der Waals surface area contributed by atoms with Crippen LogP contribution in [0, 0.1) is 13.8 Å². The van der Waals surface area contributed by atoms with Gasteiger partial charge in [0, 0.05) is 44.4 Å². The number of imidazole rings is 2. The van der Waals surface area contributed by atoms with Crippen LogP contribution in [0.2, 0.25) is 0 Å². The number of aryl methyl sites for hydroxylation is 4. The summed E-state index contributed by atoms with van der Waals surface area (Å²) in [4.78, 5) is 8.21. The van der Waals surface area contributed by atoms with Crippen molar-refractivity contribution in [1.82, 2.24) is 19.1 Å². The number of halogens is 1. The summed E-state index contributed by atoms with van der Waals surface area (Å²) in [5.74, 6) is 1.03. The largest absolute Gasteiger partial charge is 0.488 e. The van der Waals surface area contributed by atoms with Crippen molar-refractivity contribution in [2.45, 2.75) is 13.8 Å². The maximum absolute atomic E-state index is 8.76. The highest BCUT2D eigenvalue weighted by molar-refractivity contribution is 9.10. The fourth-order valence-electron chi connectivity index (χ4n) is 2.67. The van der Waals surface area contributed by atoms with E-state index >= 15 is 0 Å². The quantitative estimate of drug-likeness (QED) is 0.442. The average molecular weight is 469 g/mol. The first-order valence-corrected chi connectivity index (χ1v) is 10.2. The second-order valence-corrected chi connectivity index (χ2v) is 7.42. The zero-order chi connectivity index (χ0) is 22.1. The molecular formula is C22H26BBrN4O2. The summed E-state index contributed by atoms with van der Waals surface area (Å²) in [6.45, 7) is 3.94. The zero-order valence-electron chi connectivity index (χ0n) is 17.6. The van der Waals surface area contributed by atoms with Crippen LogP contribution in [-0.2, 0) is 14.1 Å². The number of hydrogen-bond acceptors (Lipinski definition) is 4. The van der Waals surface area contributed by atoms with E-state index in [1.165, 1.54) is 11.1 Å². The molecule has 4 rings (SSSR count). The van der Waals surface area contributed by atoms with Gasteiger partial charge >= 0.3 is 7.12 Å². The molecule has 30 heavy (non-hydrogen) atoms. The Bertz CT molecular complexity index is 1050. The molecule has 156 valence electrons. The third kappa shape index (κ3) is 6.69. The van der Waals surface area contributed by atoms with E-state index in [1.54, 1.807) is 18.3 Å². The summed E-state index contributed by atoms with van der Waals surface area (Å²) in [5.41, 5.74) is 3.94. The average Bonchev–Trinajstić information content (AvgIpc) is 3.31. The van der Waals surface area contributed by atoms with Gasteiger partial charge in [0.15, 0.2) is 4.73 Å². The predicted octanol–water partition coefficient (Wildman–Crippen LogP) is 3.25. The normalized spacial score (nSPS) is 9.83. The minimum absolute atomic E-state index is 0.572. The predicted molar refractivity (Wildman–Crippen MR) is 125 cm³/mol. The maximum Gasteiger partial charge on any atom is 0.488 e. The van der Waals surface area contributed by atoms with Crippen LogP contribution >= 0.6 is 15.9 Å². The van der Waals surface area contributed by atoms with Gasteiger partial charge in [-0.15, -0.1) is 0 Å². The van der Waals surface area contributed by atoms with Crippen LogP contribution < -0.4 is 5.46 Å². The van der Waals surface area contributed by atoms with E-state index in [2.05, 4.69) is 45.0 Å². The molecular weight excluding hydrogens is 443 g/mol. The molecule has 2 aromatic carbocycles. The van der Waals surface area contributed by atoms with Gasteiger partial charge in [0.25, 0.3) is 0 Å². The Hall–Kier alpha value is -2.68. The topological polar surface area (TPSA) is 76.1 Å². The summed E-state index contributed by atoms with van der Waals surface area (Å²) < 4.78 is 4.79. The van der Waals surface area contributed by atoms with Crippen LogP contribution in [0.3, 0.4) is 0 Å². The first-order chi connectivity index (χ1) is 14.3. The van der Waals surface area contributed by atoms with Crippen LogP contribution in [-0.4, -0.2) is 36.3 Å². The summed E-state index contributed by atoms with van der Waals surface area (Å²) in [5, 5.41) is 17.5. The Morgan fingerprint density at radius 2 is 1.37 bits per heavy atom. The number of rotatable bonds is 2. The number of nitrogens with zero attached hydrogens (tertiary/aromatic N) is 4. The molecule has 0 bridgehead atoms. The van der Waals surface area contributed by atoms with E-state index in [1.807, 2.05) is 73.0 Å². The standard InChI is InChI=1S/C11H12N2.C7H9BO2.C4H5BrN2/c1-9-5-3-4-6-10(9)11-12-7-8-13(11)2;1-6-4-2-3-5-7(6)8(9)10;1-7-3-2-6-4(7)5/h3-8H,1-2H3;2-5,9-10H,1H3;2-3H,1H3. The molecule has 0 saturated carbocycles. The molecule has 8 heteroatoms. The van der Waals surface area contributed by atoms with E-state index in [4.69, 9.17) is 10.0 Å². The van der Waals surface area contributed by atoms with Crippen LogP contribution in [0.25, 0.3) is 11.4 Å². The Labute approximate surface area is 186 Å². The van der Waals surface area contributed by atoms with Crippen molar-refractivity contribution in [1.29, 1.82) is 0 Å². The Kier molecular flexibility index (Phi) is 9.04. The van der Waals surface area contributed by atoms with Crippen LogP contribution in [0.1, 0.15) is 11.1 Å². The first kappa shape index (κ1) is 23.6. The lowest BCUT2D eigenvalue weighted by atomic mass is 9.77. The Morgan fingerprint density at radius 1 is 0.800 bits per heavy atom. The minimum Gasteiger partial charge on any atom is -0.423 e. The lowest BCUT2D eigenvalue weighted by molar-refractivity contribution is 0.425. The Balaban J connectivity index is 0.000000168. The number of benzene rings is 2. The fraction of sp³-hybridized carbons (Fsp3) is 0.182. The van der Waals surface area contributed by atoms with Crippen molar-refractivity contribution in [3.63, 3.8) is 0 Å². The third-order valence-electron chi connectivity index (χ3n) is 4.44. The lowest BCUT2D eigenvalue weighted by Gasteiger charge is -2.04. The molecule has 2 aromatic heterocycles. The van der Waals surface area contributed by atoms with E-state index in [0.717, 1.165) is 16.1 Å². The molecule has 0 atom stereocenters. The molecule has 0 saturated heterocycles. The first-order valence-electron chi connectivity index (χ1n) is 9.39. The van der Waals surface area contributed by atoms with Crippen LogP contribution in [0.4, 0.5) is 0 Å². The fourth-order valence-corrected chi connectivity index (χ4v) is 2.91. The monoisotopic (exact) mass is 468 g/mol. The van der Waals surface area contributed by atoms with Crippen molar-refractivity contribution >= 4 is 28.5 Å². The van der Waals surface area contributed by atoms with Crippen molar-refractivity contribution in [3.05, 3.63) is 89.2 Å². The molecule has 2 N–H and O–H groups in total. The van der Waals surface area contributed by atoms with Crippen molar-refractivity contribution in [2.75, 3.05) is 0 Å². The van der Waals surface area contributed by atoms with E-state index < -0.39 is 7.12 Å². The highest BCUT2D eigenvalue weighted by atomic mass is 79.9. The molecule has 2 heterocycles. The highest BCUT2D eigenvalue weighted by Gasteiger charge is 2.11. The number of hydrogen-bond donors (Lipinski definition) is 2. The van der Waals surface area contributed by atoms with Crippen molar-refractivity contribution in [3.8, 4) is 11.4 Å². The van der Waals surface area contributed by atoms with Gasteiger partial charge < -0.3 is 19.2 Å². The molecule has 0 radical (unpaired) electrons. The third-order valence-corrected chi connectivity index (χ3v) is 5.20. The van der Waals surface area contributed by atoms with Gasteiger partial charge in [-0.1, -0.05) is 54.1 Å². The molecule has 0 aliphatic heterocycles. The summed E-state index contributed by atoms with van der Waals surface area (Å²) in [7, 11) is 2.59. The zero-order valence-corrected chi connectivity index (χ0v) is 19.2. The summed E-state index contributed by atoms with van der Waals surface area (Å²) in [6, 6.07) is 15.5. The van der Waals surface area contributed by atoms with Crippen LogP contribution in [0.15, 0.2) is 78.1 Å². The molecule has 0 aliphatic rings. The van der Waals surface area contributed by atoms with Gasteiger partial charge in [-0.05, 0) is 40.8 Å². The van der Waals surface area contributed by atoms with Crippen LogP contribution in [0.5, 0.6) is 0 Å². The van der Waals surface area contributed by atoms with Crippen molar-refractivity contribution < 1.29 is 10.0 Å². The molecule has 0 unspecified atom stereocenters. The highest BCUT2D eigenvalue weighted by Crippen LogP contribution is 2.19. The van der Waals surface area contributed by atoms with Crippen molar-refractivity contribution in [2.24, 2.45) is 14.1 Å². The van der Waals surface area contributed by atoms with Gasteiger partial charge in [0.1, 0.15) is 5.82 Å². The maximum atomic E-state index is 8.76.